The number of benzene rings is 1. The van der Waals surface area contributed by atoms with Gasteiger partial charge in [0.1, 0.15) is 0 Å². The fourth-order valence-corrected chi connectivity index (χ4v) is 4.39. The van der Waals surface area contributed by atoms with Gasteiger partial charge in [0.05, 0.1) is 34.4 Å². The molecule has 122 valence electrons. The number of carbonyl (C=O) groups excluding carboxylic acids is 1. The predicted octanol–water partition coefficient (Wildman–Crippen LogP) is 2.55. The molecule has 2 aromatic rings. The van der Waals surface area contributed by atoms with Crippen molar-refractivity contribution in [1.29, 1.82) is 0 Å². The second kappa shape index (κ2) is 5.92. The predicted molar refractivity (Wildman–Crippen MR) is 92.5 cm³/mol. The lowest BCUT2D eigenvalue weighted by molar-refractivity contribution is -0.140. The summed E-state index contributed by atoms with van der Waals surface area (Å²) in [5, 5.41) is 1.71. The Morgan fingerprint density at radius 1 is 1.35 bits per heavy atom. The summed E-state index contributed by atoms with van der Waals surface area (Å²) >= 11 is 7.88. The molecule has 5 nitrogen and oxygen atoms in total. The molecule has 0 radical (unpaired) electrons. The fourth-order valence-electron chi connectivity index (χ4n) is 3.06. The lowest BCUT2D eigenvalue weighted by Crippen LogP contribution is -2.56. The highest BCUT2D eigenvalue weighted by Gasteiger charge is 2.37. The first-order chi connectivity index (χ1) is 11.1. The van der Waals surface area contributed by atoms with Crippen molar-refractivity contribution in [3.05, 3.63) is 22.7 Å². The normalized spacial score (nSPS) is 19.2. The van der Waals surface area contributed by atoms with Gasteiger partial charge in [-0.25, -0.2) is 4.98 Å². The number of rotatable bonds is 2. The zero-order chi connectivity index (χ0) is 16.0. The monoisotopic (exact) mass is 351 g/mol. The molecule has 0 N–H and O–H groups in total. The zero-order valence-electron chi connectivity index (χ0n) is 12.9. The molecule has 1 aromatic heterocycles. The topological polar surface area (TPSA) is 45.7 Å². The molecule has 0 atom stereocenters. The number of halogens is 1. The Labute approximate surface area is 143 Å². The van der Waals surface area contributed by atoms with Crippen LogP contribution in [-0.4, -0.2) is 55.2 Å². The summed E-state index contributed by atoms with van der Waals surface area (Å²) in [5.41, 5.74) is 2.11. The molecule has 0 unspecified atom stereocenters. The van der Waals surface area contributed by atoms with Crippen molar-refractivity contribution in [3.8, 4) is 0 Å². The third-order valence-electron chi connectivity index (χ3n) is 4.51. The maximum Gasteiger partial charge on any atom is 0.229 e. The second-order valence-corrected chi connectivity index (χ2v) is 7.46. The average Bonchev–Trinajstić information content (AvgIpc) is 2.96. The van der Waals surface area contributed by atoms with Gasteiger partial charge in [-0.05, 0) is 18.6 Å². The van der Waals surface area contributed by atoms with Crippen molar-refractivity contribution < 1.29 is 9.53 Å². The second-order valence-electron chi connectivity index (χ2n) is 6.08. The van der Waals surface area contributed by atoms with E-state index in [2.05, 4.69) is 4.90 Å². The van der Waals surface area contributed by atoms with E-state index in [1.807, 2.05) is 24.0 Å². The molecule has 23 heavy (non-hydrogen) atoms. The maximum absolute atomic E-state index is 12.4. The van der Waals surface area contributed by atoms with Crippen LogP contribution in [0.3, 0.4) is 0 Å². The summed E-state index contributed by atoms with van der Waals surface area (Å²) in [6, 6.07) is 3.91. The van der Waals surface area contributed by atoms with E-state index in [-0.39, 0.29) is 11.8 Å². The van der Waals surface area contributed by atoms with Gasteiger partial charge >= 0.3 is 0 Å². The molecule has 0 saturated carbocycles. The minimum atomic E-state index is 0.0803. The van der Waals surface area contributed by atoms with Crippen LogP contribution in [0, 0.1) is 12.8 Å². The number of hydrogen-bond donors (Lipinski definition) is 0. The molecular formula is C16H18ClN3O2S. The first-order valence-corrected chi connectivity index (χ1v) is 9.00. The number of fused-ring (bicyclic) bond motifs is 1. The molecule has 0 spiro atoms. The fraction of sp³-hybridized carbons (Fsp3) is 0.500. The maximum atomic E-state index is 12.4. The number of amides is 1. The van der Waals surface area contributed by atoms with Crippen LogP contribution in [0.25, 0.3) is 10.2 Å². The summed E-state index contributed by atoms with van der Waals surface area (Å²) in [5.74, 6) is 0.330. The van der Waals surface area contributed by atoms with Crippen molar-refractivity contribution >= 4 is 44.2 Å². The minimum Gasteiger partial charge on any atom is -0.378 e. The van der Waals surface area contributed by atoms with Crippen molar-refractivity contribution in [2.24, 2.45) is 5.92 Å². The van der Waals surface area contributed by atoms with E-state index in [0.29, 0.717) is 26.3 Å². The van der Waals surface area contributed by atoms with Gasteiger partial charge in [-0.3, -0.25) is 4.79 Å². The van der Waals surface area contributed by atoms with Gasteiger partial charge < -0.3 is 14.5 Å². The SMILES string of the molecule is Cc1ccc(Cl)c2sc(N3CC(C(=O)N4CCOCC4)C3)nc12. The number of thiazole rings is 1. The smallest absolute Gasteiger partial charge is 0.229 e. The standard InChI is InChI=1S/C16H18ClN3O2S/c1-10-2-3-12(17)14-13(10)18-16(23-14)20-8-11(9-20)15(21)19-4-6-22-7-5-19/h2-3,11H,4-9H2,1H3. The van der Waals surface area contributed by atoms with Crippen molar-refractivity contribution in [2.45, 2.75) is 6.92 Å². The number of morpholine rings is 1. The van der Waals surface area contributed by atoms with E-state index in [1.54, 1.807) is 11.3 Å². The van der Waals surface area contributed by atoms with Crippen molar-refractivity contribution in [2.75, 3.05) is 44.3 Å². The first-order valence-electron chi connectivity index (χ1n) is 7.80. The molecule has 4 rings (SSSR count). The zero-order valence-corrected chi connectivity index (χ0v) is 14.5. The van der Waals surface area contributed by atoms with Gasteiger partial charge in [-0.2, -0.15) is 0 Å². The van der Waals surface area contributed by atoms with Crippen LogP contribution < -0.4 is 4.90 Å². The van der Waals surface area contributed by atoms with Gasteiger partial charge in [0.25, 0.3) is 0 Å². The van der Waals surface area contributed by atoms with Crippen LogP contribution in [0.5, 0.6) is 0 Å². The van der Waals surface area contributed by atoms with E-state index < -0.39 is 0 Å². The summed E-state index contributed by atoms with van der Waals surface area (Å²) in [6.45, 7) is 6.26. The van der Waals surface area contributed by atoms with Gasteiger partial charge in [0.2, 0.25) is 5.91 Å². The van der Waals surface area contributed by atoms with Gasteiger partial charge in [-0.1, -0.05) is 29.0 Å². The number of aromatic nitrogens is 1. The van der Waals surface area contributed by atoms with E-state index in [0.717, 1.165) is 39.0 Å². The molecule has 1 aromatic carbocycles. The third-order valence-corrected chi connectivity index (χ3v) is 6.09. The average molecular weight is 352 g/mol. The molecule has 2 aliphatic rings. The number of carbonyl (C=O) groups is 1. The lowest BCUT2D eigenvalue weighted by atomic mass is 9.99. The molecule has 7 heteroatoms. The summed E-state index contributed by atoms with van der Waals surface area (Å²) < 4.78 is 6.33. The van der Waals surface area contributed by atoms with Gasteiger partial charge in [-0.15, -0.1) is 0 Å². The molecule has 0 aliphatic carbocycles. The van der Waals surface area contributed by atoms with Crippen LogP contribution in [0.15, 0.2) is 12.1 Å². The van der Waals surface area contributed by atoms with Crippen LogP contribution in [0.4, 0.5) is 5.13 Å². The number of hydrogen-bond acceptors (Lipinski definition) is 5. The van der Waals surface area contributed by atoms with Crippen LogP contribution in [0.2, 0.25) is 5.02 Å². The van der Waals surface area contributed by atoms with Crippen LogP contribution in [-0.2, 0) is 9.53 Å². The Morgan fingerprint density at radius 2 is 2.09 bits per heavy atom. The largest absolute Gasteiger partial charge is 0.378 e. The highest BCUT2D eigenvalue weighted by molar-refractivity contribution is 7.22. The number of aryl methyl sites for hydroxylation is 1. The Balaban J connectivity index is 1.46. The molecule has 3 heterocycles. The first kappa shape index (κ1) is 15.2. The molecule has 0 bridgehead atoms. The summed E-state index contributed by atoms with van der Waals surface area (Å²) in [7, 11) is 0. The minimum absolute atomic E-state index is 0.0803. The van der Waals surface area contributed by atoms with Crippen LogP contribution >= 0.6 is 22.9 Å². The quantitative estimate of drug-likeness (QED) is 0.834. The van der Waals surface area contributed by atoms with E-state index in [9.17, 15) is 4.79 Å². The number of anilines is 1. The number of ether oxygens (including phenoxy) is 1. The Bertz CT molecular complexity index is 712. The summed E-state index contributed by atoms with van der Waals surface area (Å²) in [4.78, 5) is 21.3. The molecule has 2 aliphatic heterocycles. The molecule has 1 amide bonds. The van der Waals surface area contributed by atoms with Gasteiger partial charge in [0.15, 0.2) is 5.13 Å². The number of nitrogens with zero attached hydrogens (tertiary/aromatic N) is 3. The van der Waals surface area contributed by atoms with E-state index in [1.165, 1.54) is 0 Å². The van der Waals surface area contributed by atoms with Crippen LogP contribution in [0.1, 0.15) is 5.56 Å². The lowest BCUT2D eigenvalue weighted by Gasteiger charge is -2.41. The van der Waals surface area contributed by atoms with Crippen molar-refractivity contribution in [1.82, 2.24) is 9.88 Å². The Morgan fingerprint density at radius 3 is 2.78 bits per heavy atom. The molecule has 2 saturated heterocycles. The third kappa shape index (κ3) is 2.69. The Hall–Kier alpha value is -1.37. The highest BCUT2D eigenvalue weighted by atomic mass is 35.5. The van der Waals surface area contributed by atoms with Crippen molar-refractivity contribution in [3.63, 3.8) is 0 Å². The Kier molecular flexibility index (Phi) is 3.91. The van der Waals surface area contributed by atoms with E-state index >= 15 is 0 Å². The molecule has 2 fully saturated rings. The molecular weight excluding hydrogens is 334 g/mol. The van der Waals surface area contributed by atoms with Gasteiger partial charge in [0, 0.05) is 26.2 Å². The highest BCUT2D eigenvalue weighted by Crippen LogP contribution is 2.38. The summed E-state index contributed by atoms with van der Waals surface area (Å²) in [6.07, 6.45) is 0. The van der Waals surface area contributed by atoms with E-state index in [4.69, 9.17) is 21.3 Å².